The van der Waals surface area contributed by atoms with Crippen LogP contribution in [0, 0.1) is 5.92 Å². The van der Waals surface area contributed by atoms with Crippen molar-refractivity contribution in [2.75, 3.05) is 13.1 Å². The van der Waals surface area contributed by atoms with Crippen molar-refractivity contribution in [2.45, 2.75) is 109 Å². The molecular formula is C25H44N4O3Si. The molecule has 3 aliphatic rings. The van der Waals surface area contributed by atoms with Crippen LogP contribution in [0.25, 0.3) is 0 Å². The number of amides is 3. The molecule has 0 unspecified atom stereocenters. The number of aliphatic imine (C=N–C) groups is 1. The number of amidine groups is 1. The lowest BCUT2D eigenvalue weighted by Crippen LogP contribution is -2.56. The first-order valence-electron chi connectivity index (χ1n) is 12.4. The Morgan fingerprint density at radius 1 is 1.21 bits per heavy atom. The van der Waals surface area contributed by atoms with E-state index in [1.807, 2.05) is 18.7 Å². The molecule has 1 fully saturated rings. The van der Waals surface area contributed by atoms with Crippen LogP contribution in [0.3, 0.4) is 0 Å². The van der Waals surface area contributed by atoms with Crippen molar-refractivity contribution in [1.29, 1.82) is 0 Å². The molecule has 1 saturated carbocycles. The molecule has 3 N–H and O–H groups in total. The van der Waals surface area contributed by atoms with E-state index in [0.717, 1.165) is 30.4 Å². The topological polar surface area (TPSA) is 94.0 Å². The van der Waals surface area contributed by atoms with E-state index in [1.165, 1.54) is 0 Å². The molecule has 1 atom stereocenters. The predicted molar refractivity (Wildman–Crippen MR) is 136 cm³/mol. The second-order valence-electron chi connectivity index (χ2n) is 12.7. The van der Waals surface area contributed by atoms with Crippen LogP contribution < -0.4 is 10.6 Å². The molecule has 0 aromatic rings. The summed E-state index contributed by atoms with van der Waals surface area (Å²) in [7, 11) is -1.68. The highest BCUT2D eigenvalue weighted by molar-refractivity contribution is 6.82. The number of aliphatic hydroxyl groups is 1. The van der Waals surface area contributed by atoms with E-state index >= 15 is 0 Å². The molecule has 0 spiro atoms. The van der Waals surface area contributed by atoms with Gasteiger partial charge in [0.1, 0.15) is 5.84 Å². The SMILES string of the molecule is CC(C)[C@@H](CC(C)(C)O)NC(=O)N1CC2=C(CN=C2NC(=O)C2([Si](C)(C)C)CCC2)C1(C)C. The number of rotatable bonds is 6. The van der Waals surface area contributed by atoms with Gasteiger partial charge in [-0.05, 0) is 58.4 Å². The van der Waals surface area contributed by atoms with Gasteiger partial charge in [-0.3, -0.25) is 9.79 Å². The molecule has 3 amide bonds. The Bertz CT molecular complexity index is 873. The van der Waals surface area contributed by atoms with E-state index < -0.39 is 19.2 Å². The maximum atomic E-state index is 13.4. The second-order valence-corrected chi connectivity index (χ2v) is 18.2. The third kappa shape index (κ3) is 4.78. The summed E-state index contributed by atoms with van der Waals surface area (Å²) in [5, 5.41) is 16.4. The lowest BCUT2D eigenvalue weighted by atomic mass is 9.83. The molecule has 1 aliphatic carbocycles. The Hall–Kier alpha value is -1.67. The first-order valence-corrected chi connectivity index (χ1v) is 15.9. The fourth-order valence-corrected chi connectivity index (χ4v) is 8.08. The lowest BCUT2D eigenvalue weighted by molar-refractivity contribution is -0.125. The summed E-state index contributed by atoms with van der Waals surface area (Å²) in [5.41, 5.74) is 0.739. The Labute approximate surface area is 200 Å². The normalized spacial score (nSPS) is 22.6. The molecule has 7 nitrogen and oxygen atoms in total. The monoisotopic (exact) mass is 476 g/mol. The van der Waals surface area contributed by atoms with Crippen LogP contribution in [0.4, 0.5) is 4.79 Å². The summed E-state index contributed by atoms with van der Waals surface area (Å²) in [4.78, 5) is 33.2. The van der Waals surface area contributed by atoms with Crippen LogP contribution in [-0.4, -0.2) is 66.1 Å². The smallest absolute Gasteiger partial charge is 0.318 e. The predicted octanol–water partition coefficient (Wildman–Crippen LogP) is 4.06. The molecule has 0 saturated heterocycles. The first kappa shape index (κ1) is 25.9. The van der Waals surface area contributed by atoms with E-state index in [2.05, 4.69) is 49.1 Å². The molecule has 2 aliphatic heterocycles. The Morgan fingerprint density at radius 2 is 1.82 bits per heavy atom. The van der Waals surface area contributed by atoms with Crippen LogP contribution in [-0.2, 0) is 4.79 Å². The van der Waals surface area contributed by atoms with Crippen LogP contribution in [0.1, 0.15) is 67.2 Å². The number of carbonyl (C=O) groups is 2. The van der Waals surface area contributed by atoms with Crippen molar-refractivity contribution < 1.29 is 14.7 Å². The third-order valence-corrected chi connectivity index (χ3v) is 11.8. The van der Waals surface area contributed by atoms with Crippen LogP contribution in [0.5, 0.6) is 0 Å². The largest absolute Gasteiger partial charge is 0.390 e. The van der Waals surface area contributed by atoms with Crippen molar-refractivity contribution in [3.8, 4) is 0 Å². The van der Waals surface area contributed by atoms with Gasteiger partial charge in [0, 0.05) is 16.7 Å². The van der Waals surface area contributed by atoms with Gasteiger partial charge in [-0.1, -0.05) is 39.9 Å². The van der Waals surface area contributed by atoms with Gasteiger partial charge >= 0.3 is 6.03 Å². The van der Waals surface area contributed by atoms with E-state index in [9.17, 15) is 14.7 Å². The minimum absolute atomic E-state index is 0.117. The van der Waals surface area contributed by atoms with Gasteiger partial charge in [-0.2, -0.15) is 0 Å². The number of nitrogens with one attached hydrogen (secondary N) is 2. The highest BCUT2D eigenvalue weighted by atomic mass is 28.3. The van der Waals surface area contributed by atoms with Gasteiger partial charge < -0.3 is 20.6 Å². The van der Waals surface area contributed by atoms with Crippen molar-refractivity contribution in [3.63, 3.8) is 0 Å². The van der Waals surface area contributed by atoms with E-state index in [1.54, 1.807) is 13.8 Å². The fourth-order valence-electron chi connectivity index (χ4n) is 5.49. The molecule has 33 heavy (non-hydrogen) atoms. The number of carbonyl (C=O) groups excluding carboxylic acids is 2. The summed E-state index contributed by atoms with van der Waals surface area (Å²) in [5.74, 6) is 0.966. The van der Waals surface area contributed by atoms with E-state index in [0.29, 0.717) is 25.3 Å². The summed E-state index contributed by atoms with van der Waals surface area (Å²) in [6.45, 7) is 19.5. The zero-order chi connectivity index (χ0) is 25.0. The van der Waals surface area contributed by atoms with E-state index in [4.69, 9.17) is 0 Å². The highest BCUT2D eigenvalue weighted by Crippen LogP contribution is 2.55. The maximum Gasteiger partial charge on any atom is 0.318 e. The molecular weight excluding hydrogens is 432 g/mol. The van der Waals surface area contributed by atoms with Gasteiger partial charge in [0.25, 0.3) is 0 Å². The maximum absolute atomic E-state index is 13.4. The Morgan fingerprint density at radius 3 is 2.27 bits per heavy atom. The van der Waals surface area contributed by atoms with Gasteiger partial charge in [0.2, 0.25) is 5.91 Å². The standard InChI is InChI=1S/C25H44N4O3Si/c1-16(2)19(13-23(3,4)32)27-22(31)29-15-17-18(24(29,5)6)14-26-20(17)28-21(30)25(11-10-12-25)33(7,8)9/h16,19,32H,10-15H2,1-9H3,(H,27,31)(H,26,28,30)/t19-/m1/s1. The first-order chi connectivity index (χ1) is 15.0. The number of hydrogen-bond donors (Lipinski definition) is 3. The van der Waals surface area contributed by atoms with Crippen LogP contribution in [0.15, 0.2) is 16.1 Å². The van der Waals surface area contributed by atoms with Gasteiger partial charge in [-0.25, -0.2) is 4.79 Å². The molecule has 8 heteroatoms. The summed E-state index contributed by atoms with van der Waals surface area (Å²) < 4.78 is 0. The minimum atomic E-state index is -1.68. The van der Waals surface area contributed by atoms with Crippen molar-refractivity contribution in [2.24, 2.45) is 10.9 Å². The van der Waals surface area contributed by atoms with Gasteiger partial charge in [-0.15, -0.1) is 0 Å². The molecule has 0 radical (unpaired) electrons. The van der Waals surface area contributed by atoms with Crippen molar-refractivity contribution >= 4 is 25.8 Å². The second kappa shape index (κ2) is 8.52. The van der Waals surface area contributed by atoms with Crippen LogP contribution in [0.2, 0.25) is 24.7 Å². The molecule has 0 aromatic carbocycles. The molecule has 2 heterocycles. The van der Waals surface area contributed by atoms with Crippen molar-refractivity contribution in [1.82, 2.24) is 15.5 Å². The zero-order valence-electron chi connectivity index (χ0n) is 22.1. The van der Waals surface area contributed by atoms with Crippen LogP contribution >= 0.6 is 0 Å². The molecule has 0 aromatic heterocycles. The summed E-state index contributed by atoms with van der Waals surface area (Å²) in [6, 6.07) is -0.271. The number of urea groups is 1. The zero-order valence-corrected chi connectivity index (χ0v) is 23.1. The third-order valence-electron chi connectivity index (χ3n) is 8.16. The van der Waals surface area contributed by atoms with E-state index in [-0.39, 0.29) is 28.9 Å². The average molecular weight is 477 g/mol. The Balaban J connectivity index is 1.73. The van der Waals surface area contributed by atoms with Gasteiger partial charge in [0.05, 0.1) is 32.3 Å². The quantitative estimate of drug-likeness (QED) is 0.505. The fraction of sp³-hybridized carbons (Fsp3) is 0.800. The molecule has 186 valence electrons. The van der Waals surface area contributed by atoms with Crippen molar-refractivity contribution in [3.05, 3.63) is 11.1 Å². The summed E-state index contributed by atoms with van der Waals surface area (Å²) in [6.07, 6.45) is 3.53. The highest BCUT2D eigenvalue weighted by Gasteiger charge is 2.54. The minimum Gasteiger partial charge on any atom is -0.390 e. The Kier molecular flexibility index (Phi) is 6.70. The average Bonchev–Trinajstić information content (AvgIpc) is 3.09. The molecule has 3 rings (SSSR count). The number of hydrogen-bond acceptors (Lipinski definition) is 4. The number of nitrogens with zero attached hydrogens (tertiary/aromatic N) is 2. The van der Waals surface area contributed by atoms with Gasteiger partial charge in [0.15, 0.2) is 0 Å². The molecule has 0 bridgehead atoms. The summed E-state index contributed by atoms with van der Waals surface area (Å²) >= 11 is 0. The lowest BCUT2D eigenvalue weighted by Gasteiger charge is -2.49.